The average molecular weight is 230 g/mol. The second kappa shape index (κ2) is 5.01. The highest BCUT2D eigenvalue weighted by atomic mass is 16.6. The summed E-state index contributed by atoms with van der Waals surface area (Å²) >= 11 is 0. The fraction of sp³-hybridized carbons (Fsp3) is 0.909. The molecule has 1 saturated heterocycles. The van der Waals surface area contributed by atoms with Gasteiger partial charge in [-0.3, -0.25) is 0 Å². The van der Waals surface area contributed by atoms with Gasteiger partial charge in [-0.1, -0.05) is 0 Å². The summed E-state index contributed by atoms with van der Waals surface area (Å²) in [6.45, 7) is 8.72. The van der Waals surface area contributed by atoms with Crippen LogP contribution in [0.4, 0.5) is 4.79 Å². The summed E-state index contributed by atoms with van der Waals surface area (Å²) in [7, 11) is 0. The lowest BCUT2D eigenvalue weighted by atomic mass is 10.1. The second-order valence-corrected chi connectivity index (χ2v) is 5.27. The Labute approximate surface area is 96.8 Å². The van der Waals surface area contributed by atoms with Crippen LogP contribution in [0.5, 0.6) is 0 Å². The van der Waals surface area contributed by atoms with E-state index in [1.54, 1.807) is 4.90 Å². The average Bonchev–Trinajstić information content (AvgIpc) is 2.15. The fourth-order valence-electron chi connectivity index (χ4n) is 1.63. The van der Waals surface area contributed by atoms with E-state index in [1.807, 2.05) is 27.7 Å². The molecular weight excluding hydrogens is 208 g/mol. The summed E-state index contributed by atoms with van der Waals surface area (Å²) in [6, 6.07) is 0.0429. The molecule has 16 heavy (non-hydrogen) atoms. The van der Waals surface area contributed by atoms with Gasteiger partial charge in [0.25, 0.3) is 0 Å². The molecule has 94 valence electrons. The van der Waals surface area contributed by atoms with Crippen molar-refractivity contribution in [3.8, 4) is 0 Å². The monoisotopic (exact) mass is 230 g/mol. The highest BCUT2D eigenvalue weighted by Gasteiger charge is 2.31. The highest BCUT2D eigenvalue weighted by molar-refractivity contribution is 5.68. The van der Waals surface area contributed by atoms with Gasteiger partial charge in [-0.25, -0.2) is 4.79 Å². The first-order chi connectivity index (χ1) is 7.33. The molecule has 1 unspecified atom stereocenters. The van der Waals surface area contributed by atoms with Crippen LogP contribution in [0.25, 0.3) is 0 Å². The SMILES string of the molecule is C[C@H]1CNC(CO)CN1C(=O)OC(C)(C)C. The lowest BCUT2D eigenvalue weighted by molar-refractivity contribution is 0.00688. The van der Waals surface area contributed by atoms with Crippen molar-refractivity contribution in [3.05, 3.63) is 0 Å². The Kier molecular flexibility index (Phi) is 4.15. The minimum Gasteiger partial charge on any atom is -0.444 e. The van der Waals surface area contributed by atoms with Crippen LogP contribution >= 0.6 is 0 Å². The smallest absolute Gasteiger partial charge is 0.410 e. The molecule has 5 nitrogen and oxygen atoms in total. The Morgan fingerprint density at radius 2 is 2.19 bits per heavy atom. The maximum Gasteiger partial charge on any atom is 0.410 e. The zero-order valence-corrected chi connectivity index (χ0v) is 10.5. The number of piperazine rings is 1. The van der Waals surface area contributed by atoms with Crippen LogP contribution < -0.4 is 5.32 Å². The lowest BCUT2D eigenvalue weighted by Gasteiger charge is -2.38. The number of amides is 1. The van der Waals surface area contributed by atoms with Crippen LogP contribution in [-0.4, -0.2) is 53.5 Å². The molecule has 1 aliphatic heterocycles. The van der Waals surface area contributed by atoms with Crippen LogP contribution in [0.3, 0.4) is 0 Å². The number of hydrogen-bond donors (Lipinski definition) is 2. The summed E-state index contributed by atoms with van der Waals surface area (Å²) in [5.41, 5.74) is -0.476. The first-order valence-corrected chi connectivity index (χ1v) is 5.67. The number of rotatable bonds is 1. The largest absolute Gasteiger partial charge is 0.444 e. The van der Waals surface area contributed by atoms with Gasteiger partial charge in [0.15, 0.2) is 0 Å². The molecule has 0 spiro atoms. The van der Waals surface area contributed by atoms with Gasteiger partial charge in [-0.15, -0.1) is 0 Å². The molecule has 1 fully saturated rings. The molecule has 5 heteroatoms. The maximum absolute atomic E-state index is 11.9. The van der Waals surface area contributed by atoms with Gasteiger partial charge in [0.2, 0.25) is 0 Å². The molecule has 0 radical (unpaired) electrons. The van der Waals surface area contributed by atoms with Gasteiger partial charge in [-0.2, -0.15) is 0 Å². The van der Waals surface area contributed by atoms with E-state index in [0.717, 1.165) is 0 Å². The van der Waals surface area contributed by atoms with E-state index in [9.17, 15) is 4.79 Å². The van der Waals surface area contributed by atoms with Crippen LogP contribution in [0.15, 0.2) is 0 Å². The molecule has 1 rings (SSSR count). The number of aliphatic hydroxyl groups is 1. The molecule has 1 aliphatic rings. The van der Waals surface area contributed by atoms with Crippen molar-refractivity contribution in [2.45, 2.75) is 45.4 Å². The van der Waals surface area contributed by atoms with Gasteiger partial charge >= 0.3 is 6.09 Å². The minimum atomic E-state index is -0.476. The summed E-state index contributed by atoms with van der Waals surface area (Å²) in [4.78, 5) is 13.5. The topological polar surface area (TPSA) is 61.8 Å². The number of carbonyl (C=O) groups is 1. The fourth-order valence-corrected chi connectivity index (χ4v) is 1.63. The van der Waals surface area contributed by atoms with Crippen LogP contribution in [0.1, 0.15) is 27.7 Å². The summed E-state index contributed by atoms with van der Waals surface area (Å²) in [5, 5.41) is 12.2. The van der Waals surface area contributed by atoms with Gasteiger partial charge in [0, 0.05) is 25.2 Å². The number of ether oxygens (including phenoxy) is 1. The molecular formula is C11H22N2O3. The predicted molar refractivity (Wildman–Crippen MR) is 61.3 cm³/mol. The number of aliphatic hydroxyl groups excluding tert-OH is 1. The van der Waals surface area contributed by atoms with Gasteiger partial charge in [-0.05, 0) is 27.7 Å². The third-order valence-electron chi connectivity index (χ3n) is 2.50. The standard InChI is InChI=1S/C11H22N2O3/c1-8-5-12-9(7-14)6-13(8)10(15)16-11(2,3)4/h8-9,12,14H,5-7H2,1-4H3/t8-,9?/m0/s1. The Morgan fingerprint density at radius 3 is 2.69 bits per heavy atom. The van der Waals surface area contributed by atoms with Crippen LogP contribution in [0, 0.1) is 0 Å². The molecule has 2 N–H and O–H groups in total. The Hall–Kier alpha value is -0.810. The summed E-state index contributed by atoms with van der Waals surface area (Å²) in [6.07, 6.45) is -0.306. The van der Waals surface area contributed by atoms with Gasteiger partial charge in [0.05, 0.1) is 6.61 Å². The zero-order valence-electron chi connectivity index (χ0n) is 10.5. The molecule has 0 aromatic carbocycles. The van der Waals surface area contributed by atoms with Gasteiger partial charge < -0.3 is 20.1 Å². The molecule has 2 atom stereocenters. The van der Waals surface area contributed by atoms with E-state index in [-0.39, 0.29) is 24.8 Å². The first kappa shape index (κ1) is 13.3. The molecule has 1 heterocycles. The lowest BCUT2D eigenvalue weighted by Crippen LogP contribution is -2.59. The number of hydrogen-bond acceptors (Lipinski definition) is 4. The quantitative estimate of drug-likeness (QED) is 0.691. The van der Waals surface area contributed by atoms with Crippen molar-refractivity contribution in [3.63, 3.8) is 0 Å². The van der Waals surface area contributed by atoms with Crippen molar-refractivity contribution in [2.24, 2.45) is 0 Å². The Morgan fingerprint density at radius 1 is 1.56 bits per heavy atom. The van der Waals surface area contributed by atoms with Crippen molar-refractivity contribution in [1.29, 1.82) is 0 Å². The molecule has 0 aromatic heterocycles. The molecule has 0 aliphatic carbocycles. The molecule has 0 aromatic rings. The number of carbonyl (C=O) groups excluding carboxylic acids is 1. The third-order valence-corrected chi connectivity index (χ3v) is 2.50. The van der Waals surface area contributed by atoms with E-state index in [4.69, 9.17) is 9.84 Å². The number of nitrogens with one attached hydrogen (secondary N) is 1. The minimum absolute atomic E-state index is 0.0337. The molecule has 0 bridgehead atoms. The third kappa shape index (κ3) is 3.64. The summed E-state index contributed by atoms with van der Waals surface area (Å²) < 4.78 is 5.32. The van der Waals surface area contributed by atoms with E-state index in [0.29, 0.717) is 13.1 Å². The van der Waals surface area contributed by atoms with Crippen LogP contribution in [-0.2, 0) is 4.74 Å². The van der Waals surface area contributed by atoms with Gasteiger partial charge in [0.1, 0.15) is 5.60 Å². The van der Waals surface area contributed by atoms with E-state index in [1.165, 1.54) is 0 Å². The molecule has 1 amide bonds. The summed E-state index contributed by atoms with van der Waals surface area (Å²) in [5.74, 6) is 0. The van der Waals surface area contributed by atoms with E-state index in [2.05, 4.69) is 5.32 Å². The Bertz CT molecular complexity index is 250. The molecule has 0 saturated carbocycles. The Balaban J connectivity index is 2.59. The van der Waals surface area contributed by atoms with Crippen LogP contribution in [0.2, 0.25) is 0 Å². The van der Waals surface area contributed by atoms with Crippen molar-refractivity contribution >= 4 is 6.09 Å². The van der Waals surface area contributed by atoms with E-state index < -0.39 is 5.60 Å². The zero-order chi connectivity index (χ0) is 12.3. The van der Waals surface area contributed by atoms with Crippen molar-refractivity contribution < 1.29 is 14.6 Å². The first-order valence-electron chi connectivity index (χ1n) is 5.67. The normalized spacial score (nSPS) is 26.7. The predicted octanol–water partition coefficient (Wildman–Crippen LogP) is 0.576. The maximum atomic E-state index is 11.9. The highest BCUT2D eigenvalue weighted by Crippen LogP contribution is 2.14. The number of nitrogens with zero attached hydrogens (tertiary/aromatic N) is 1. The van der Waals surface area contributed by atoms with Crippen molar-refractivity contribution in [2.75, 3.05) is 19.7 Å². The van der Waals surface area contributed by atoms with E-state index >= 15 is 0 Å². The van der Waals surface area contributed by atoms with Crippen molar-refractivity contribution in [1.82, 2.24) is 10.2 Å². The second-order valence-electron chi connectivity index (χ2n) is 5.27.